The number of aryl methyl sites for hydroxylation is 1. The number of nitrogens with zero attached hydrogens (tertiary/aromatic N) is 1. The van der Waals surface area contributed by atoms with Crippen molar-refractivity contribution in [3.8, 4) is 0 Å². The van der Waals surface area contributed by atoms with Crippen LogP contribution >= 0.6 is 11.3 Å². The van der Waals surface area contributed by atoms with Gasteiger partial charge in [0, 0.05) is 41.0 Å². The summed E-state index contributed by atoms with van der Waals surface area (Å²) in [5, 5.41) is 3.65. The second-order valence-electron chi connectivity index (χ2n) is 5.44. The van der Waals surface area contributed by atoms with Crippen LogP contribution in [0.2, 0.25) is 0 Å². The Bertz CT molecular complexity index is 374. The molecule has 1 saturated heterocycles. The van der Waals surface area contributed by atoms with Gasteiger partial charge in [-0.05, 0) is 39.3 Å². The van der Waals surface area contributed by atoms with Crippen molar-refractivity contribution < 1.29 is 0 Å². The molecule has 2 rings (SSSR count). The molecule has 0 aromatic carbocycles. The summed E-state index contributed by atoms with van der Waals surface area (Å²) in [6, 6.07) is 5.08. The standard InChI is InChI=1S/C14H24N2S/c1-5-14(4)10-16(9-8-15-14)12(3)13-7-6-11(2)17-13/h6-7,12,15H,5,8-10H2,1-4H3. The van der Waals surface area contributed by atoms with Crippen LogP contribution in [0, 0.1) is 6.92 Å². The highest BCUT2D eigenvalue weighted by Crippen LogP contribution is 2.29. The summed E-state index contributed by atoms with van der Waals surface area (Å²) >= 11 is 1.94. The Labute approximate surface area is 109 Å². The molecule has 1 fully saturated rings. The van der Waals surface area contributed by atoms with Crippen molar-refractivity contribution in [3.63, 3.8) is 0 Å². The van der Waals surface area contributed by atoms with Crippen LogP contribution in [0.3, 0.4) is 0 Å². The molecule has 0 saturated carbocycles. The maximum atomic E-state index is 3.65. The first-order valence-electron chi connectivity index (χ1n) is 6.59. The zero-order valence-electron chi connectivity index (χ0n) is 11.4. The summed E-state index contributed by atoms with van der Waals surface area (Å²) in [4.78, 5) is 5.54. The molecular formula is C14H24N2S. The maximum absolute atomic E-state index is 3.65. The number of hydrogen-bond donors (Lipinski definition) is 1. The minimum atomic E-state index is 0.290. The molecule has 1 aliphatic heterocycles. The first-order chi connectivity index (χ1) is 8.04. The van der Waals surface area contributed by atoms with Crippen molar-refractivity contribution in [2.75, 3.05) is 19.6 Å². The van der Waals surface area contributed by atoms with Gasteiger partial charge in [-0.2, -0.15) is 0 Å². The quantitative estimate of drug-likeness (QED) is 0.889. The van der Waals surface area contributed by atoms with Gasteiger partial charge in [-0.15, -0.1) is 11.3 Å². The molecule has 96 valence electrons. The van der Waals surface area contributed by atoms with E-state index in [0.29, 0.717) is 11.6 Å². The van der Waals surface area contributed by atoms with E-state index in [9.17, 15) is 0 Å². The highest BCUT2D eigenvalue weighted by Gasteiger charge is 2.31. The number of nitrogens with one attached hydrogen (secondary N) is 1. The highest BCUT2D eigenvalue weighted by molar-refractivity contribution is 7.12. The van der Waals surface area contributed by atoms with Gasteiger partial charge in [0.2, 0.25) is 0 Å². The molecule has 0 aliphatic carbocycles. The molecule has 2 atom stereocenters. The van der Waals surface area contributed by atoms with E-state index in [1.54, 1.807) is 0 Å². The monoisotopic (exact) mass is 252 g/mol. The minimum absolute atomic E-state index is 0.290. The fourth-order valence-corrected chi connectivity index (χ4v) is 3.47. The largest absolute Gasteiger partial charge is 0.309 e. The first-order valence-corrected chi connectivity index (χ1v) is 7.41. The van der Waals surface area contributed by atoms with Gasteiger partial charge in [0.05, 0.1) is 0 Å². The van der Waals surface area contributed by atoms with Crippen LogP contribution in [-0.2, 0) is 0 Å². The van der Waals surface area contributed by atoms with Crippen molar-refractivity contribution in [3.05, 3.63) is 21.9 Å². The van der Waals surface area contributed by atoms with E-state index in [-0.39, 0.29) is 0 Å². The lowest BCUT2D eigenvalue weighted by Crippen LogP contribution is -2.58. The van der Waals surface area contributed by atoms with E-state index < -0.39 is 0 Å². The molecule has 2 nitrogen and oxygen atoms in total. The zero-order chi connectivity index (χ0) is 12.5. The third-order valence-electron chi connectivity index (χ3n) is 4.00. The van der Waals surface area contributed by atoms with E-state index in [1.165, 1.54) is 16.2 Å². The molecule has 1 aromatic heterocycles. The van der Waals surface area contributed by atoms with Crippen LogP contribution in [0.15, 0.2) is 12.1 Å². The molecule has 1 N–H and O–H groups in total. The third-order valence-corrected chi connectivity index (χ3v) is 5.17. The second kappa shape index (κ2) is 5.09. The fraction of sp³-hybridized carbons (Fsp3) is 0.714. The molecule has 0 bridgehead atoms. The van der Waals surface area contributed by atoms with E-state index >= 15 is 0 Å². The predicted molar refractivity (Wildman–Crippen MR) is 75.7 cm³/mol. The SMILES string of the molecule is CCC1(C)CN(C(C)c2ccc(C)s2)CCN1. The number of piperazine rings is 1. The highest BCUT2D eigenvalue weighted by atomic mass is 32.1. The summed E-state index contributed by atoms with van der Waals surface area (Å²) in [6.07, 6.45) is 1.19. The zero-order valence-corrected chi connectivity index (χ0v) is 12.2. The number of rotatable bonds is 3. The Kier molecular flexibility index (Phi) is 3.91. The topological polar surface area (TPSA) is 15.3 Å². The Morgan fingerprint density at radius 1 is 1.53 bits per heavy atom. The maximum Gasteiger partial charge on any atom is 0.0414 e. The Morgan fingerprint density at radius 3 is 2.88 bits per heavy atom. The van der Waals surface area contributed by atoms with Gasteiger partial charge >= 0.3 is 0 Å². The Hall–Kier alpha value is -0.380. The normalized spacial score (nSPS) is 28.2. The van der Waals surface area contributed by atoms with Crippen molar-refractivity contribution in [1.29, 1.82) is 0 Å². The van der Waals surface area contributed by atoms with Crippen molar-refractivity contribution >= 4 is 11.3 Å². The molecule has 1 aromatic rings. The van der Waals surface area contributed by atoms with Crippen molar-refractivity contribution in [2.24, 2.45) is 0 Å². The van der Waals surface area contributed by atoms with Gasteiger partial charge in [-0.1, -0.05) is 6.92 Å². The predicted octanol–water partition coefficient (Wildman–Crippen LogP) is 3.19. The van der Waals surface area contributed by atoms with Crippen LogP contribution in [0.1, 0.15) is 43.0 Å². The summed E-state index contributed by atoms with van der Waals surface area (Å²) < 4.78 is 0. The van der Waals surface area contributed by atoms with Crippen LogP contribution in [-0.4, -0.2) is 30.1 Å². The second-order valence-corrected chi connectivity index (χ2v) is 6.76. The first kappa shape index (κ1) is 13.1. The van der Waals surface area contributed by atoms with Gasteiger partial charge < -0.3 is 5.32 Å². The lowest BCUT2D eigenvalue weighted by Gasteiger charge is -2.43. The third kappa shape index (κ3) is 2.90. The van der Waals surface area contributed by atoms with Crippen LogP contribution < -0.4 is 5.32 Å². The van der Waals surface area contributed by atoms with Crippen molar-refractivity contribution in [1.82, 2.24) is 10.2 Å². The summed E-state index contributed by atoms with van der Waals surface area (Å²) in [6.45, 7) is 12.6. The molecule has 0 radical (unpaired) electrons. The molecular weight excluding hydrogens is 228 g/mol. The molecule has 2 heterocycles. The van der Waals surface area contributed by atoms with Gasteiger partial charge in [0.25, 0.3) is 0 Å². The average Bonchev–Trinajstić information content (AvgIpc) is 2.75. The smallest absolute Gasteiger partial charge is 0.0414 e. The average molecular weight is 252 g/mol. The molecule has 3 heteroatoms. The Balaban J connectivity index is 2.07. The molecule has 2 unspecified atom stereocenters. The van der Waals surface area contributed by atoms with E-state index in [0.717, 1.165) is 19.6 Å². The lowest BCUT2D eigenvalue weighted by atomic mass is 9.95. The number of hydrogen-bond acceptors (Lipinski definition) is 3. The lowest BCUT2D eigenvalue weighted by molar-refractivity contribution is 0.106. The van der Waals surface area contributed by atoms with Crippen LogP contribution in [0.25, 0.3) is 0 Å². The summed E-state index contributed by atoms with van der Waals surface area (Å²) in [7, 11) is 0. The van der Waals surface area contributed by atoms with Gasteiger partial charge in [0.1, 0.15) is 0 Å². The van der Waals surface area contributed by atoms with E-state index in [4.69, 9.17) is 0 Å². The molecule has 1 aliphatic rings. The minimum Gasteiger partial charge on any atom is -0.309 e. The fourth-order valence-electron chi connectivity index (χ4n) is 2.51. The summed E-state index contributed by atoms with van der Waals surface area (Å²) in [5.74, 6) is 0. The number of thiophene rings is 1. The van der Waals surface area contributed by atoms with E-state index in [2.05, 4.69) is 50.0 Å². The van der Waals surface area contributed by atoms with Crippen LogP contribution in [0.4, 0.5) is 0 Å². The van der Waals surface area contributed by atoms with Gasteiger partial charge in [-0.25, -0.2) is 0 Å². The van der Waals surface area contributed by atoms with Crippen LogP contribution in [0.5, 0.6) is 0 Å². The van der Waals surface area contributed by atoms with E-state index in [1.807, 2.05) is 11.3 Å². The molecule has 0 spiro atoms. The van der Waals surface area contributed by atoms with Gasteiger partial charge in [0.15, 0.2) is 0 Å². The van der Waals surface area contributed by atoms with Gasteiger partial charge in [-0.3, -0.25) is 4.90 Å². The molecule has 17 heavy (non-hydrogen) atoms. The van der Waals surface area contributed by atoms with Crippen molar-refractivity contribution in [2.45, 2.75) is 45.7 Å². The molecule has 0 amide bonds. The Morgan fingerprint density at radius 2 is 2.29 bits per heavy atom. The summed E-state index contributed by atoms with van der Waals surface area (Å²) in [5.41, 5.74) is 0.290.